The summed E-state index contributed by atoms with van der Waals surface area (Å²) in [5.74, 6) is 0.860. The van der Waals surface area contributed by atoms with Crippen LogP contribution in [-0.2, 0) is 4.74 Å². The maximum atomic E-state index is 10.4. The van der Waals surface area contributed by atoms with Crippen LogP contribution in [0.25, 0.3) is 11.1 Å². The maximum absolute atomic E-state index is 10.4. The van der Waals surface area contributed by atoms with Crippen LogP contribution in [-0.4, -0.2) is 18.8 Å². The average molecular weight is 595 g/mol. The van der Waals surface area contributed by atoms with Gasteiger partial charge in [0.1, 0.15) is 11.8 Å². The topological polar surface area (TPSA) is 66.0 Å². The minimum Gasteiger partial charge on any atom is -0.494 e. The van der Waals surface area contributed by atoms with Crippen LogP contribution in [0.2, 0.25) is 0 Å². The van der Waals surface area contributed by atoms with Crippen LogP contribution in [0, 0.1) is 22.7 Å². The fourth-order valence-electron chi connectivity index (χ4n) is 5.96. The fraction of sp³-hybridized carbons (Fsp3) is 0.550. The van der Waals surface area contributed by atoms with Gasteiger partial charge in [0.05, 0.1) is 18.2 Å². The molecule has 0 radical (unpaired) electrons. The lowest BCUT2D eigenvalue weighted by Gasteiger charge is -2.32. The zero-order chi connectivity index (χ0) is 31.3. The molecule has 0 heterocycles. The number of nitriles is 2. The van der Waals surface area contributed by atoms with E-state index in [0.717, 1.165) is 53.9 Å². The quantitative estimate of drug-likeness (QED) is 0.127. The van der Waals surface area contributed by atoms with E-state index in [0.29, 0.717) is 18.6 Å². The van der Waals surface area contributed by atoms with Gasteiger partial charge in [-0.2, -0.15) is 10.5 Å². The van der Waals surface area contributed by atoms with Crippen LogP contribution in [0.1, 0.15) is 134 Å². The number of benzene rings is 2. The van der Waals surface area contributed by atoms with Crippen LogP contribution >= 0.6 is 0 Å². The molecule has 1 atom stereocenters. The summed E-state index contributed by atoms with van der Waals surface area (Å²) >= 11 is 0. The highest BCUT2D eigenvalue weighted by Gasteiger charge is 2.41. The molecule has 44 heavy (non-hydrogen) atoms. The van der Waals surface area contributed by atoms with Gasteiger partial charge in [0, 0.05) is 13.0 Å². The summed E-state index contributed by atoms with van der Waals surface area (Å²) in [6.07, 6.45) is 22.0. The largest absolute Gasteiger partial charge is 0.494 e. The van der Waals surface area contributed by atoms with Crippen LogP contribution in [0.5, 0.6) is 5.75 Å². The first-order chi connectivity index (χ1) is 21.7. The summed E-state index contributed by atoms with van der Waals surface area (Å²) in [5, 5.41) is 20.6. The van der Waals surface area contributed by atoms with Gasteiger partial charge in [0.2, 0.25) is 0 Å². The Labute approximate surface area is 267 Å². The number of hydrogen-bond acceptors (Lipinski definition) is 4. The lowest BCUT2D eigenvalue weighted by atomic mass is 9.77. The van der Waals surface area contributed by atoms with Gasteiger partial charge in [0.15, 0.2) is 5.60 Å². The van der Waals surface area contributed by atoms with Crippen LogP contribution in [0.15, 0.2) is 66.2 Å². The van der Waals surface area contributed by atoms with Crippen LogP contribution in [0.3, 0.4) is 0 Å². The number of hydrogen-bond donors (Lipinski definition) is 0. The highest BCUT2D eigenvalue weighted by molar-refractivity contribution is 5.98. The Bertz CT molecular complexity index is 1230. The van der Waals surface area contributed by atoms with Gasteiger partial charge >= 0.3 is 0 Å². The van der Waals surface area contributed by atoms with Crippen molar-refractivity contribution >= 4 is 11.1 Å². The van der Waals surface area contributed by atoms with Gasteiger partial charge in [-0.1, -0.05) is 146 Å². The molecule has 4 nitrogen and oxygen atoms in total. The second-order valence-electron chi connectivity index (χ2n) is 12.2. The Hall–Kier alpha value is -3.34. The second kappa shape index (κ2) is 20.6. The maximum Gasteiger partial charge on any atom is 0.193 e. The summed E-state index contributed by atoms with van der Waals surface area (Å²) in [4.78, 5) is 0. The van der Waals surface area contributed by atoms with E-state index >= 15 is 0 Å². The molecule has 0 saturated heterocycles. The Morgan fingerprint density at radius 1 is 0.636 bits per heavy atom. The molecule has 0 aromatic heterocycles. The number of rotatable bonds is 22. The smallest absolute Gasteiger partial charge is 0.193 e. The minimum atomic E-state index is -1.27. The van der Waals surface area contributed by atoms with E-state index in [2.05, 4.69) is 50.3 Å². The lowest BCUT2D eigenvalue weighted by molar-refractivity contribution is 0.0284. The SMILES string of the molecule is CCCCCCCCCCOc1ccc(C2=C(c3ccccc3)CC(C#N)(OCCCCCCCCCC)C(C#N)=C2)cc1. The highest BCUT2D eigenvalue weighted by atomic mass is 16.5. The molecule has 0 saturated carbocycles. The molecule has 1 unspecified atom stereocenters. The molecule has 3 rings (SSSR count). The summed E-state index contributed by atoms with van der Waals surface area (Å²) in [6, 6.07) is 23.1. The summed E-state index contributed by atoms with van der Waals surface area (Å²) in [7, 11) is 0. The molecule has 0 spiro atoms. The van der Waals surface area contributed by atoms with Crippen molar-refractivity contribution in [1.29, 1.82) is 10.5 Å². The van der Waals surface area contributed by atoms with Crippen molar-refractivity contribution in [2.75, 3.05) is 13.2 Å². The van der Waals surface area contributed by atoms with Gasteiger partial charge in [0.25, 0.3) is 0 Å². The third-order valence-corrected chi connectivity index (χ3v) is 8.68. The first kappa shape index (κ1) is 35.1. The monoisotopic (exact) mass is 594 g/mol. The van der Waals surface area contributed by atoms with Crippen LogP contribution in [0.4, 0.5) is 0 Å². The van der Waals surface area contributed by atoms with Gasteiger partial charge in [-0.25, -0.2) is 0 Å². The normalized spacial score (nSPS) is 16.3. The molecule has 0 bridgehead atoms. The van der Waals surface area contributed by atoms with Crippen LogP contribution < -0.4 is 4.74 Å². The van der Waals surface area contributed by atoms with E-state index in [9.17, 15) is 10.5 Å². The number of ether oxygens (including phenoxy) is 2. The van der Waals surface area contributed by atoms with E-state index in [-0.39, 0.29) is 0 Å². The molecule has 4 heteroatoms. The third-order valence-electron chi connectivity index (χ3n) is 8.68. The molecule has 2 aromatic carbocycles. The van der Waals surface area contributed by atoms with Crippen molar-refractivity contribution in [3.63, 3.8) is 0 Å². The van der Waals surface area contributed by atoms with Gasteiger partial charge in [-0.3, -0.25) is 0 Å². The lowest BCUT2D eigenvalue weighted by Crippen LogP contribution is -2.36. The summed E-state index contributed by atoms with van der Waals surface area (Å²) < 4.78 is 12.4. The fourth-order valence-corrected chi connectivity index (χ4v) is 5.96. The second-order valence-corrected chi connectivity index (χ2v) is 12.2. The molecule has 1 aliphatic carbocycles. The molecular formula is C40H54N2O2. The van der Waals surface area contributed by atoms with Gasteiger partial charge in [-0.15, -0.1) is 0 Å². The van der Waals surface area contributed by atoms with E-state index in [1.54, 1.807) is 0 Å². The van der Waals surface area contributed by atoms with E-state index < -0.39 is 5.60 Å². The molecule has 2 aromatic rings. The van der Waals surface area contributed by atoms with Crippen molar-refractivity contribution in [2.45, 2.75) is 129 Å². The Morgan fingerprint density at radius 3 is 1.73 bits per heavy atom. The Kier molecular flexibility index (Phi) is 16.4. The van der Waals surface area contributed by atoms with Crippen molar-refractivity contribution in [3.05, 3.63) is 77.4 Å². The first-order valence-corrected chi connectivity index (χ1v) is 17.4. The number of nitrogens with zero attached hydrogens (tertiary/aromatic N) is 2. The average Bonchev–Trinajstić information content (AvgIpc) is 3.07. The third kappa shape index (κ3) is 11.3. The van der Waals surface area contributed by atoms with Crippen molar-refractivity contribution in [1.82, 2.24) is 0 Å². The van der Waals surface area contributed by atoms with Gasteiger partial charge < -0.3 is 9.47 Å². The number of unbranched alkanes of at least 4 members (excludes halogenated alkanes) is 14. The van der Waals surface area contributed by atoms with E-state index in [1.807, 2.05) is 36.4 Å². The Balaban J connectivity index is 1.65. The van der Waals surface area contributed by atoms with Crippen molar-refractivity contribution in [3.8, 4) is 17.9 Å². The Morgan fingerprint density at radius 2 is 1.18 bits per heavy atom. The zero-order valence-electron chi connectivity index (χ0n) is 27.4. The van der Waals surface area contributed by atoms with Gasteiger partial charge in [-0.05, 0) is 53.3 Å². The molecule has 236 valence electrons. The molecule has 1 aliphatic rings. The first-order valence-electron chi connectivity index (χ1n) is 17.4. The van der Waals surface area contributed by atoms with Crippen molar-refractivity contribution in [2.24, 2.45) is 0 Å². The highest BCUT2D eigenvalue weighted by Crippen LogP contribution is 2.43. The minimum absolute atomic E-state index is 0.343. The summed E-state index contributed by atoms with van der Waals surface area (Å²) in [5.41, 5.74) is 3.14. The molecule has 0 N–H and O–H groups in total. The van der Waals surface area contributed by atoms with E-state index in [1.165, 1.54) is 83.5 Å². The zero-order valence-corrected chi connectivity index (χ0v) is 27.4. The van der Waals surface area contributed by atoms with Crippen molar-refractivity contribution < 1.29 is 9.47 Å². The predicted octanol–water partition coefficient (Wildman–Crippen LogP) is 11.4. The molecular weight excluding hydrogens is 540 g/mol. The van der Waals surface area contributed by atoms with E-state index in [4.69, 9.17) is 9.47 Å². The molecule has 0 fully saturated rings. The summed E-state index contributed by atoms with van der Waals surface area (Å²) in [6.45, 7) is 5.70. The number of allylic oxidation sites excluding steroid dienone is 2. The predicted molar refractivity (Wildman–Crippen MR) is 183 cm³/mol. The standard InChI is InChI=1S/C40H54N2O2/c1-3-5-7-9-11-13-15-20-28-43-37-26-24-35(25-27-37)38-30-36(32-41)40(33-42,31-39(38)34-22-18-17-19-23-34)44-29-21-16-14-12-10-8-6-4-2/h17-19,22-27,30H,3-16,20-21,28-29,31H2,1-2H3. The molecule has 0 amide bonds. The molecule has 0 aliphatic heterocycles.